The van der Waals surface area contributed by atoms with Gasteiger partial charge in [0.1, 0.15) is 6.04 Å². The van der Waals surface area contributed by atoms with Gasteiger partial charge in [0.05, 0.1) is 5.92 Å². The second kappa shape index (κ2) is 9.76. The Labute approximate surface area is 172 Å². The molecule has 2 atom stereocenters. The molecule has 0 radical (unpaired) electrons. The minimum Gasteiger partial charge on any atom is -0.371 e. The lowest BCUT2D eigenvalue weighted by Crippen LogP contribution is -2.46. The Bertz CT molecular complexity index is 745. The second-order valence-corrected chi connectivity index (χ2v) is 7.92. The minimum absolute atomic E-state index is 0.00266. The summed E-state index contributed by atoms with van der Waals surface area (Å²) >= 11 is 0. The van der Waals surface area contributed by atoms with E-state index >= 15 is 0 Å². The Kier molecular flexibility index (Phi) is 7.12. The lowest BCUT2D eigenvalue weighted by Gasteiger charge is -2.21. The highest BCUT2D eigenvalue weighted by molar-refractivity contribution is 5.98. The maximum absolute atomic E-state index is 12.9. The molecule has 0 aliphatic carbocycles. The fraction of sp³-hybridized carbons (Fsp3) is 0.591. The summed E-state index contributed by atoms with van der Waals surface area (Å²) in [5.41, 5.74) is 1.85. The Morgan fingerprint density at radius 2 is 1.97 bits per heavy atom. The van der Waals surface area contributed by atoms with Crippen LogP contribution in [0, 0.1) is 5.92 Å². The van der Waals surface area contributed by atoms with Gasteiger partial charge in [0, 0.05) is 44.0 Å². The monoisotopic (exact) mass is 400 g/mol. The van der Waals surface area contributed by atoms with Crippen molar-refractivity contribution in [2.45, 2.75) is 52.0 Å². The maximum atomic E-state index is 12.9. The summed E-state index contributed by atoms with van der Waals surface area (Å²) in [6.07, 6.45) is 3.94. The van der Waals surface area contributed by atoms with Crippen LogP contribution in [0.2, 0.25) is 0 Å². The largest absolute Gasteiger partial charge is 0.371 e. The summed E-state index contributed by atoms with van der Waals surface area (Å²) in [4.78, 5) is 41.4. The molecule has 3 rings (SSSR count). The van der Waals surface area contributed by atoms with Gasteiger partial charge < -0.3 is 20.4 Å². The van der Waals surface area contributed by atoms with E-state index in [-0.39, 0.29) is 30.1 Å². The molecule has 2 heterocycles. The zero-order chi connectivity index (χ0) is 20.8. The van der Waals surface area contributed by atoms with Crippen LogP contribution in [0.15, 0.2) is 24.3 Å². The van der Waals surface area contributed by atoms with Crippen LogP contribution < -0.4 is 15.5 Å². The number of carbonyl (C=O) groups is 3. The molecule has 0 aromatic heterocycles. The van der Waals surface area contributed by atoms with Crippen molar-refractivity contribution < 1.29 is 14.4 Å². The number of carbonyl (C=O) groups excluding carboxylic acids is 3. The lowest BCUT2D eigenvalue weighted by atomic mass is 10.1. The molecule has 0 saturated carbocycles. The minimum atomic E-state index is -0.603. The molecule has 2 N–H and O–H groups in total. The Balaban J connectivity index is 1.61. The lowest BCUT2D eigenvalue weighted by molar-refractivity contribution is -0.130. The molecule has 1 aromatic rings. The highest BCUT2D eigenvalue weighted by atomic mass is 16.2. The predicted molar refractivity (Wildman–Crippen MR) is 114 cm³/mol. The van der Waals surface area contributed by atoms with E-state index in [0.29, 0.717) is 19.5 Å². The summed E-state index contributed by atoms with van der Waals surface area (Å²) in [6.45, 7) is 7.01. The van der Waals surface area contributed by atoms with Crippen LogP contribution in [0.25, 0.3) is 0 Å². The van der Waals surface area contributed by atoms with Crippen LogP contribution in [0.4, 0.5) is 11.4 Å². The first-order valence-electron chi connectivity index (χ1n) is 10.8. The third kappa shape index (κ3) is 5.28. The van der Waals surface area contributed by atoms with E-state index in [9.17, 15) is 14.4 Å². The highest BCUT2D eigenvalue weighted by Gasteiger charge is 2.35. The molecule has 0 spiro atoms. The molecule has 1 aromatic carbocycles. The van der Waals surface area contributed by atoms with E-state index in [1.165, 1.54) is 12.8 Å². The number of hydrogen-bond donors (Lipinski definition) is 2. The van der Waals surface area contributed by atoms with Gasteiger partial charge in [-0.3, -0.25) is 14.4 Å². The Morgan fingerprint density at radius 3 is 2.62 bits per heavy atom. The van der Waals surface area contributed by atoms with Crippen molar-refractivity contribution in [2.75, 3.05) is 36.4 Å². The molecule has 158 valence electrons. The second-order valence-electron chi connectivity index (χ2n) is 7.92. The molecule has 2 fully saturated rings. The number of hydrogen-bond acceptors (Lipinski definition) is 4. The van der Waals surface area contributed by atoms with Gasteiger partial charge in [0.25, 0.3) is 0 Å². The SMILES string of the molecule is CCCC(NC(=O)C1CC(=O)N(CC)C1)C(=O)Nc1cccc(N2CCCC2)c1. The normalized spacial score (nSPS) is 20.1. The smallest absolute Gasteiger partial charge is 0.246 e. The molecule has 2 aliphatic heterocycles. The molecule has 7 heteroatoms. The van der Waals surface area contributed by atoms with E-state index in [0.717, 1.165) is 30.9 Å². The average molecular weight is 401 g/mol. The highest BCUT2D eigenvalue weighted by Crippen LogP contribution is 2.24. The zero-order valence-electron chi connectivity index (χ0n) is 17.4. The van der Waals surface area contributed by atoms with Gasteiger partial charge in [0.2, 0.25) is 17.7 Å². The van der Waals surface area contributed by atoms with Gasteiger partial charge in [-0.15, -0.1) is 0 Å². The van der Waals surface area contributed by atoms with E-state index in [1.54, 1.807) is 4.90 Å². The number of anilines is 2. The third-order valence-electron chi connectivity index (χ3n) is 5.76. The van der Waals surface area contributed by atoms with Crippen molar-refractivity contribution in [3.05, 3.63) is 24.3 Å². The summed E-state index contributed by atoms with van der Waals surface area (Å²) in [5.74, 6) is -0.805. The van der Waals surface area contributed by atoms with Crippen LogP contribution in [0.3, 0.4) is 0 Å². The van der Waals surface area contributed by atoms with Crippen LogP contribution in [-0.2, 0) is 14.4 Å². The first-order chi connectivity index (χ1) is 14.0. The summed E-state index contributed by atoms with van der Waals surface area (Å²) in [6, 6.07) is 7.26. The number of nitrogens with one attached hydrogen (secondary N) is 2. The first-order valence-corrected chi connectivity index (χ1v) is 10.8. The molecule has 3 amide bonds. The van der Waals surface area contributed by atoms with Crippen molar-refractivity contribution in [1.82, 2.24) is 10.2 Å². The number of benzene rings is 1. The standard InChI is InChI=1S/C22H32N4O3/c1-3-8-19(24-21(28)16-13-20(27)25(4-2)15-16)22(29)23-17-9-7-10-18(14-17)26-11-5-6-12-26/h7,9-10,14,16,19H,3-6,8,11-13,15H2,1-2H3,(H,23,29)(H,24,28). The van der Waals surface area contributed by atoms with Crippen molar-refractivity contribution in [3.8, 4) is 0 Å². The first kappa shape index (κ1) is 21.1. The molecule has 2 saturated heterocycles. The zero-order valence-corrected chi connectivity index (χ0v) is 17.4. The maximum Gasteiger partial charge on any atom is 0.246 e. The van der Waals surface area contributed by atoms with Gasteiger partial charge >= 0.3 is 0 Å². The number of likely N-dealkylation sites (tertiary alicyclic amines) is 1. The molecule has 2 aliphatic rings. The number of amides is 3. The molecular formula is C22H32N4O3. The molecule has 29 heavy (non-hydrogen) atoms. The van der Waals surface area contributed by atoms with Crippen molar-refractivity contribution in [2.24, 2.45) is 5.92 Å². The van der Waals surface area contributed by atoms with Gasteiger partial charge in [-0.05, 0) is 44.4 Å². The van der Waals surface area contributed by atoms with E-state index < -0.39 is 6.04 Å². The molecule has 7 nitrogen and oxygen atoms in total. The van der Waals surface area contributed by atoms with Gasteiger partial charge in [0.15, 0.2) is 0 Å². The Hall–Kier alpha value is -2.57. The summed E-state index contributed by atoms with van der Waals surface area (Å²) in [7, 11) is 0. The third-order valence-corrected chi connectivity index (χ3v) is 5.76. The van der Waals surface area contributed by atoms with E-state index in [1.807, 2.05) is 32.0 Å². The quantitative estimate of drug-likeness (QED) is 0.702. The van der Waals surface area contributed by atoms with Gasteiger partial charge in [-0.25, -0.2) is 0 Å². The molecular weight excluding hydrogens is 368 g/mol. The number of nitrogens with zero attached hydrogens (tertiary/aromatic N) is 2. The summed E-state index contributed by atoms with van der Waals surface area (Å²) in [5, 5.41) is 5.83. The average Bonchev–Trinajstić information content (AvgIpc) is 3.37. The van der Waals surface area contributed by atoms with Crippen LogP contribution in [0.5, 0.6) is 0 Å². The van der Waals surface area contributed by atoms with Crippen LogP contribution in [-0.4, -0.2) is 54.8 Å². The fourth-order valence-electron chi connectivity index (χ4n) is 4.09. The van der Waals surface area contributed by atoms with Gasteiger partial charge in [-0.2, -0.15) is 0 Å². The van der Waals surface area contributed by atoms with Crippen molar-refractivity contribution in [3.63, 3.8) is 0 Å². The fourth-order valence-corrected chi connectivity index (χ4v) is 4.09. The van der Waals surface area contributed by atoms with Crippen LogP contribution >= 0.6 is 0 Å². The van der Waals surface area contributed by atoms with E-state index in [2.05, 4.69) is 21.6 Å². The Morgan fingerprint density at radius 1 is 1.21 bits per heavy atom. The summed E-state index contributed by atoms with van der Waals surface area (Å²) < 4.78 is 0. The van der Waals surface area contributed by atoms with Gasteiger partial charge in [-0.1, -0.05) is 19.4 Å². The van der Waals surface area contributed by atoms with Crippen molar-refractivity contribution in [1.29, 1.82) is 0 Å². The van der Waals surface area contributed by atoms with E-state index in [4.69, 9.17) is 0 Å². The van der Waals surface area contributed by atoms with Crippen molar-refractivity contribution >= 4 is 29.1 Å². The van der Waals surface area contributed by atoms with Crippen LogP contribution in [0.1, 0.15) is 46.0 Å². The molecule has 0 bridgehead atoms. The topological polar surface area (TPSA) is 81.8 Å². The molecule has 2 unspecified atom stereocenters. The number of rotatable bonds is 8. The predicted octanol–water partition coefficient (Wildman–Crippen LogP) is 2.38.